The minimum atomic E-state index is -0.455. The molecule has 0 radical (unpaired) electrons. The van der Waals surface area contributed by atoms with Gasteiger partial charge in [0.25, 0.3) is 0 Å². The van der Waals surface area contributed by atoms with Crippen LogP contribution < -0.4 is 0 Å². The van der Waals surface area contributed by atoms with E-state index in [-0.39, 0.29) is 0 Å². The fourth-order valence-electron chi connectivity index (χ4n) is 1.02. The second-order valence-corrected chi connectivity index (χ2v) is 6.04. The monoisotopic (exact) mass is 277 g/mol. The summed E-state index contributed by atoms with van der Waals surface area (Å²) in [6.07, 6.45) is 2.85. The SMILES string of the molecule is CC.CC(C)(N=C=O)c1ccccc1.CCC(C)(C)C. The van der Waals surface area contributed by atoms with E-state index in [1.165, 1.54) is 6.42 Å². The molecule has 2 heteroatoms. The summed E-state index contributed by atoms with van der Waals surface area (Å²) < 4.78 is 0. The maximum atomic E-state index is 10.1. The van der Waals surface area contributed by atoms with Crippen LogP contribution in [-0.2, 0) is 10.3 Å². The smallest absolute Gasteiger partial charge is 0.211 e. The molecule has 0 saturated heterocycles. The Morgan fingerprint density at radius 2 is 1.40 bits per heavy atom. The summed E-state index contributed by atoms with van der Waals surface area (Å²) in [6, 6.07) is 9.68. The van der Waals surface area contributed by atoms with E-state index >= 15 is 0 Å². The molecule has 0 fully saturated rings. The predicted molar refractivity (Wildman–Crippen MR) is 88.7 cm³/mol. The van der Waals surface area contributed by atoms with Gasteiger partial charge in [-0.25, -0.2) is 4.79 Å². The standard InChI is InChI=1S/C10H11NO.C6H14.C2H6/c1-10(2,11-8-12)9-6-4-3-5-7-9;1-5-6(2,3)4;1-2/h3-7H,1-2H3;5H2,1-4H3;1-2H3. The van der Waals surface area contributed by atoms with Crippen LogP contribution in [0.1, 0.15) is 67.4 Å². The average molecular weight is 277 g/mol. The van der Waals surface area contributed by atoms with Gasteiger partial charge in [-0.05, 0) is 24.8 Å². The number of rotatable bonds is 2. The van der Waals surface area contributed by atoms with E-state index in [9.17, 15) is 4.79 Å². The Morgan fingerprint density at radius 1 is 1.00 bits per heavy atom. The maximum Gasteiger partial charge on any atom is 0.235 e. The summed E-state index contributed by atoms with van der Waals surface area (Å²) in [6.45, 7) is 16.7. The van der Waals surface area contributed by atoms with Crippen molar-refractivity contribution in [2.24, 2.45) is 10.4 Å². The molecule has 0 amide bonds. The van der Waals surface area contributed by atoms with Crippen molar-refractivity contribution in [1.82, 2.24) is 0 Å². The second-order valence-electron chi connectivity index (χ2n) is 6.04. The first-order chi connectivity index (χ1) is 9.23. The van der Waals surface area contributed by atoms with Crippen LogP contribution >= 0.6 is 0 Å². The highest BCUT2D eigenvalue weighted by Crippen LogP contribution is 2.23. The number of carbonyl (C=O) groups excluding carboxylic acids is 1. The molecule has 0 unspecified atom stereocenters. The highest BCUT2D eigenvalue weighted by molar-refractivity contribution is 5.37. The van der Waals surface area contributed by atoms with Crippen molar-refractivity contribution in [2.75, 3.05) is 0 Å². The van der Waals surface area contributed by atoms with Gasteiger partial charge in [-0.15, -0.1) is 0 Å². The number of hydrogen-bond acceptors (Lipinski definition) is 2. The Balaban J connectivity index is 0. The normalized spacial score (nSPS) is 10.2. The molecule has 114 valence electrons. The Kier molecular flexibility index (Phi) is 10.9. The fraction of sp³-hybridized carbons (Fsp3) is 0.611. The first-order valence-corrected chi connectivity index (χ1v) is 7.37. The molecule has 0 atom stereocenters. The maximum absolute atomic E-state index is 10.1. The first-order valence-electron chi connectivity index (χ1n) is 7.37. The van der Waals surface area contributed by atoms with E-state index in [0.717, 1.165) is 5.56 Å². The van der Waals surface area contributed by atoms with Crippen LogP contribution in [0.15, 0.2) is 35.3 Å². The van der Waals surface area contributed by atoms with Crippen molar-refractivity contribution >= 4 is 6.08 Å². The van der Waals surface area contributed by atoms with E-state index in [2.05, 4.69) is 32.7 Å². The van der Waals surface area contributed by atoms with Crippen molar-refractivity contribution in [3.05, 3.63) is 35.9 Å². The molecule has 1 rings (SSSR count). The van der Waals surface area contributed by atoms with Crippen molar-refractivity contribution in [3.63, 3.8) is 0 Å². The number of hydrogen-bond donors (Lipinski definition) is 0. The summed E-state index contributed by atoms with van der Waals surface area (Å²) in [5.74, 6) is 0. The molecular weight excluding hydrogens is 246 g/mol. The predicted octanol–water partition coefficient (Wildman–Crippen LogP) is 5.73. The third-order valence-electron chi connectivity index (χ3n) is 2.87. The van der Waals surface area contributed by atoms with Crippen molar-refractivity contribution in [2.45, 2.75) is 67.3 Å². The molecule has 0 aliphatic carbocycles. The summed E-state index contributed by atoms with van der Waals surface area (Å²) in [7, 11) is 0. The molecule has 1 aromatic rings. The van der Waals surface area contributed by atoms with E-state index < -0.39 is 5.54 Å². The molecule has 0 saturated carbocycles. The minimum Gasteiger partial charge on any atom is -0.211 e. The Labute approximate surface area is 125 Å². The van der Waals surface area contributed by atoms with Gasteiger partial charge in [0, 0.05) is 0 Å². The molecule has 20 heavy (non-hydrogen) atoms. The topological polar surface area (TPSA) is 29.4 Å². The van der Waals surface area contributed by atoms with Crippen LogP contribution in [0.5, 0.6) is 0 Å². The van der Waals surface area contributed by atoms with E-state index in [1.54, 1.807) is 6.08 Å². The molecule has 0 aliphatic rings. The van der Waals surface area contributed by atoms with E-state index in [0.29, 0.717) is 5.41 Å². The highest BCUT2D eigenvalue weighted by Gasteiger charge is 2.17. The number of nitrogens with zero attached hydrogens (tertiary/aromatic N) is 1. The summed E-state index contributed by atoms with van der Waals surface area (Å²) in [4.78, 5) is 13.8. The van der Waals surface area contributed by atoms with Gasteiger partial charge in [-0.3, -0.25) is 0 Å². The molecule has 0 N–H and O–H groups in total. The lowest BCUT2D eigenvalue weighted by atomic mass is 9.94. The fourth-order valence-corrected chi connectivity index (χ4v) is 1.02. The average Bonchev–Trinajstić information content (AvgIpc) is 2.42. The van der Waals surface area contributed by atoms with Crippen LogP contribution in [0.4, 0.5) is 0 Å². The number of benzene rings is 1. The molecule has 1 aromatic carbocycles. The first kappa shape index (κ1) is 20.9. The molecule has 2 nitrogen and oxygen atoms in total. The lowest BCUT2D eigenvalue weighted by Gasteiger charge is -2.16. The molecule has 0 aliphatic heterocycles. The van der Waals surface area contributed by atoms with Crippen LogP contribution in [0, 0.1) is 5.41 Å². The number of aliphatic imine (C=N–C) groups is 1. The van der Waals surface area contributed by atoms with Gasteiger partial charge < -0.3 is 0 Å². The van der Waals surface area contributed by atoms with Gasteiger partial charge in [0.2, 0.25) is 6.08 Å². The van der Waals surface area contributed by atoms with Crippen LogP contribution in [0.3, 0.4) is 0 Å². The number of isocyanates is 1. The second kappa shape index (κ2) is 10.4. The van der Waals surface area contributed by atoms with Crippen molar-refractivity contribution in [3.8, 4) is 0 Å². The zero-order valence-corrected chi connectivity index (χ0v) is 14.4. The Morgan fingerprint density at radius 3 is 1.70 bits per heavy atom. The van der Waals surface area contributed by atoms with Crippen molar-refractivity contribution in [1.29, 1.82) is 0 Å². The van der Waals surface area contributed by atoms with E-state index in [4.69, 9.17) is 0 Å². The zero-order valence-electron chi connectivity index (χ0n) is 14.4. The summed E-state index contributed by atoms with van der Waals surface area (Å²) >= 11 is 0. The van der Waals surface area contributed by atoms with Gasteiger partial charge in [-0.2, -0.15) is 4.99 Å². The molecule has 0 aromatic heterocycles. The lowest BCUT2D eigenvalue weighted by Crippen LogP contribution is -2.12. The molecule has 0 heterocycles. The van der Waals surface area contributed by atoms with E-state index in [1.807, 2.05) is 58.0 Å². The Hall–Kier alpha value is -1.40. The molecule has 0 bridgehead atoms. The zero-order chi connectivity index (χ0) is 16.2. The third-order valence-corrected chi connectivity index (χ3v) is 2.87. The Bertz CT molecular complexity index is 382. The third kappa shape index (κ3) is 10.5. The van der Waals surface area contributed by atoms with Gasteiger partial charge in [0.15, 0.2) is 0 Å². The summed E-state index contributed by atoms with van der Waals surface area (Å²) in [5.41, 5.74) is 1.11. The largest absolute Gasteiger partial charge is 0.235 e. The minimum absolute atomic E-state index is 0.455. The van der Waals surface area contributed by atoms with Crippen LogP contribution in [0.2, 0.25) is 0 Å². The lowest BCUT2D eigenvalue weighted by molar-refractivity contribution is 0.398. The van der Waals surface area contributed by atoms with Gasteiger partial charge in [0.1, 0.15) is 0 Å². The molecule has 0 spiro atoms. The van der Waals surface area contributed by atoms with Crippen LogP contribution in [0.25, 0.3) is 0 Å². The van der Waals surface area contributed by atoms with Crippen molar-refractivity contribution < 1.29 is 4.79 Å². The molecular formula is C18H31NO. The summed E-state index contributed by atoms with van der Waals surface area (Å²) in [5, 5.41) is 0. The van der Waals surface area contributed by atoms with Gasteiger partial charge in [0.05, 0.1) is 5.54 Å². The van der Waals surface area contributed by atoms with Gasteiger partial charge in [-0.1, -0.05) is 78.3 Å². The quantitative estimate of drug-likeness (QED) is 0.501. The highest BCUT2D eigenvalue weighted by atomic mass is 16.1. The van der Waals surface area contributed by atoms with Gasteiger partial charge >= 0.3 is 0 Å². The van der Waals surface area contributed by atoms with Crippen LogP contribution in [-0.4, -0.2) is 6.08 Å².